The van der Waals surface area contributed by atoms with E-state index in [9.17, 15) is 33.2 Å². The highest BCUT2D eigenvalue weighted by Crippen LogP contribution is 2.26. The predicted molar refractivity (Wildman–Crippen MR) is 230 cm³/mol. The van der Waals surface area contributed by atoms with Gasteiger partial charge in [0.25, 0.3) is 0 Å². The number of hydrogen-bond acceptors (Lipinski definition) is 11. The number of methoxy groups -OCH3 is 2. The van der Waals surface area contributed by atoms with Crippen LogP contribution in [0.15, 0.2) is 72.8 Å². The number of amides is 6. The van der Waals surface area contributed by atoms with Crippen molar-refractivity contribution in [3.05, 3.63) is 89.7 Å². The summed E-state index contributed by atoms with van der Waals surface area (Å²) in [6.07, 6.45) is 1.42. The number of hydrogen-bond donors (Lipinski definition) is 2. The maximum Gasteiger partial charge on any atom is 0.410 e. The summed E-state index contributed by atoms with van der Waals surface area (Å²) in [5, 5.41) is 5.90. The summed E-state index contributed by atoms with van der Waals surface area (Å²) >= 11 is 0. The monoisotopic (exact) mass is 873 g/mol. The lowest BCUT2D eigenvalue weighted by molar-refractivity contribution is -0.145. The summed E-state index contributed by atoms with van der Waals surface area (Å²) in [5.74, 6) is -1.47. The summed E-state index contributed by atoms with van der Waals surface area (Å²) in [6, 6.07) is 18.9. The predicted octanol–water partition coefficient (Wildman–Crippen LogP) is 4.46. The maximum absolute atomic E-state index is 14.0. The molecule has 6 amide bonds. The summed E-state index contributed by atoms with van der Waals surface area (Å²) in [7, 11) is 4.16. The van der Waals surface area contributed by atoms with Crippen LogP contribution in [0.4, 0.5) is 31.0 Å². The fraction of sp³-hybridized carbons (Fsp3) is 0.467. The molecule has 0 bridgehead atoms. The molecule has 0 saturated carbocycles. The quantitative estimate of drug-likeness (QED) is 0.194. The van der Waals surface area contributed by atoms with Gasteiger partial charge in [-0.25, -0.2) is 14.0 Å². The zero-order valence-corrected chi connectivity index (χ0v) is 36.0. The number of halogens is 1. The molecule has 0 radical (unpaired) electrons. The van der Waals surface area contributed by atoms with E-state index in [0.29, 0.717) is 76.4 Å². The number of nitrogens with one attached hydrogen (secondary N) is 2. The van der Waals surface area contributed by atoms with Crippen LogP contribution in [0, 0.1) is 5.82 Å². The van der Waals surface area contributed by atoms with Gasteiger partial charge in [-0.3, -0.25) is 24.1 Å². The molecule has 338 valence electrons. The lowest BCUT2D eigenvalue weighted by atomic mass is 10.1. The number of ether oxygens (including phenoxy) is 4. The molecule has 3 aromatic rings. The number of benzene rings is 3. The Bertz CT molecular complexity index is 2060. The number of rotatable bonds is 16. The third-order valence-corrected chi connectivity index (χ3v) is 11.4. The van der Waals surface area contributed by atoms with Crippen LogP contribution in [0.25, 0.3) is 0 Å². The first-order valence-electron chi connectivity index (χ1n) is 21.1. The molecule has 3 aromatic carbocycles. The largest absolute Gasteiger partial charge is 0.453 e. The van der Waals surface area contributed by atoms with E-state index in [1.165, 1.54) is 41.1 Å². The number of carbonyl (C=O) groups is 6. The molecule has 0 spiro atoms. The topological polar surface area (TPSA) is 180 Å². The van der Waals surface area contributed by atoms with Gasteiger partial charge in [0.15, 0.2) is 0 Å². The molecular weight excluding hydrogens is 818 g/mol. The third kappa shape index (κ3) is 12.2. The Balaban J connectivity index is 1.02. The van der Waals surface area contributed by atoms with Crippen molar-refractivity contribution in [2.45, 2.75) is 63.3 Å². The normalized spacial score (nSPS) is 18.4. The van der Waals surface area contributed by atoms with Gasteiger partial charge in [-0.2, -0.15) is 0 Å². The van der Waals surface area contributed by atoms with Gasteiger partial charge in [0, 0.05) is 63.4 Å². The molecule has 0 aromatic heterocycles. The number of likely N-dealkylation sites (N-methyl/N-ethyl adjacent to an activating group) is 1. The molecule has 3 fully saturated rings. The number of likely N-dealkylation sites (tertiary alicyclic amines) is 2. The van der Waals surface area contributed by atoms with Crippen LogP contribution in [0.1, 0.15) is 43.2 Å². The molecule has 6 rings (SSSR count). The minimum Gasteiger partial charge on any atom is -0.453 e. The van der Waals surface area contributed by atoms with Gasteiger partial charge in [0.1, 0.15) is 23.9 Å². The van der Waals surface area contributed by atoms with Gasteiger partial charge in [-0.05, 0) is 85.3 Å². The number of nitrogens with zero attached hydrogens (tertiary/aromatic N) is 5. The molecular formula is C45H56FN7O10. The zero-order valence-electron chi connectivity index (χ0n) is 36.0. The molecule has 3 aliphatic rings. The van der Waals surface area contributed by atoms with E-state index in [1.54, 1.807) is 36.2 Å². The molecule has 0 unspecified atom stereocenters. The van der Waals surface area contributed by atoms with Crippen LogP contribution in [-0.4, -0.2) is 147 Å². The Kier molecular flexibility index (Phi) is 16.3. The summed E-state index contributed by atoms with van der Waals surface area (Å²) in [6.45, 7) is 3.06. The Morgan fingerprint density at radius 1 is 0.714 bits per heavy atom. The van der Waals surface area contributed by atoms with E-state index >= 15 is 0 Å². The van der Waals surface area contributed by atoms with E-state index in [0.717, 1.165) is 16.8 Å². The van der Waals surface area contributed by atoms with Crippen molar-refractivity contribution >= 4 is 52.9 Å². The molecule has 3 atom stereocenters. The lowest BCUT2D eigenvalue weighted by Crippen LogP contribution is -2.58. The molecule has 3 aliphatic heterocycles. The highest BCUT2D eigenvalue weighted by Gasteiger charge is 2.42. The van der Waals surface area contributed by atoms with E-state index < -0.39 is 30.3 Å². The minimum atomic E-state index is -0.868. The number of anilines is 3. The smallest absolute Gasteiger partial charge is 0.410 e. The van der Waals surface area contributed by atoms with Gasteiger partial charge < -0.3 is 49.2 Å². The van der Waals surface area contributed by atoms with Crippen molar-refractivity contribution in [1.29, 1.82) is 0 Å². The Labute approximate surface area is 366 Å². The highest BCUT2D eigenvalue weighted by molar-refractivity contribution is 5.99. The van der Waals surface area contributed by atoms with E-state index in [4.69, 9.17) is 14.2 Å². The fourth-order valence-corrected chi connectivity index (χ4v) is 8.00. The Morgan fingerprint density at radius 2 is 1.29 bits per heavy atom. The number of carbonyl (C=O) groups excluding carboxylic acids is 6. The average molecular weight is 874 g/mol. The molecule has 17 nitrogen and oxygen atoms in total. The van der Waals surface area contributed by atoms with Crippen molar-refractivity contribution in [3.8, 4) is 0 Å². The van der Waals surface area contributed by atoms with E-state index in [2.05, 4.69) is 20.3 Å². The standard InChI is InChI=1S/C45H56FN7O10/c1-49(44(58)60-2)23-26-62-25-20-40(54)51-21-4-6-37(51)41(55)47-34-14-8-31(9-15-34)28-50(36-18-12-33(46)13-19-36)29-32-10-16-35(17-11-32)48-42(56)38-7-5-22-52(38)43(57)39-30-63-27-24-53(39)45(59)61-3/h8-19,37-39H,4-7,20-30H2,1-3H3,(H,47,55)(H,48,56)/t37-,38-,39-/m0/s1. The van der Waals surface area contributed by atoms with Crippen molar-refractivity contribution in [1.82, 2.24) is 19.6 Å². The first-order valence-corrected chi connectivity index (χ1v) is 21.1. The van der Waals surface area contributed by atoms with Gasteiger partial charge in [0.05, 0.1) is 47.1 Å². The van der Waals surface area contributed by atoms with Crippen LogP contribution in [0.2, 0.25) is 0 Å². The molecule has 3 heterocycles. The van der Waals surface area contributed by atoms with E-state index in [-0.39, 0.29) is 62.2 Å². The van der Waals surface area contributed by atoms with E-state index in [1.807, 2.05) is 36.4 Å². The fourth-order valence-electron chi connectivity index (χ4n) is 8.00. The molecule has 18 heteroatoms. The second-order valence-electron chi connectivity index (χ2n) is 15.6. The first kappa shape index (κ1) is 46.2. The maximum atomic E-state index is 14.0. The van der Waals surface area contributed by atoms with Crippen molar-refractivity contribution in [2.24, 2.45) is 0 Å². The van der Waals surface area contributed by atoms with Crippen molar-refractivity contribution in [2.75, 3.05) is 89.4 Å². The van der Waals surface area contributed by atoms with Gasteiger partial charge in [-0.15, -0.1) is 0 Å². The summed E-state index contributed by atoms with van der Waals surface area (Å²) in [5.41, 5.74) is 3.79. The summed E-state index contributed by atoms with van der Waals surface area (Å²) in [4.78, 5) is 85.2. The Hall–Kier alpha value is -6.27. The zero-order chi connectivity index (χ0) is 44.9. The Morgan fingerprint density at radius 3 is 1.86 bits per heavy atom. The van der Waals surface area contributed by atoms with Gasteiger partial charge in [0.2, 0.25) is 23.6 Å². The summed E-state index contributed by atoms with van der Waals surface area (Å²) < 4.78 is 34.5. The van der Waals surface area contributed by atoms with Gasteiger partial charge >= 0.3 is 12.2 Å². The molecule has 0 aliphatic carbocycles. The molecule has 2 N–H and O–H groups in total. The highest BCUT2D eigenvalue weighted by atomic mass is 19.1. The number of morpholine rings is 1. The van der Waals surface area contributed by atoms with Crippen LogP contribution in [0.5, 0.6) is 0 Å². The van der Waals surface area contributed by atoms with Gasteiger partial charge in [-0.1, -0.05) is 24.3 Å². The SMILES string of the molecule is COC(=O)N(C)CCOCCC(=O)N1CCC[C@H]1C(=O)Nc1ccc(CN(Cc2ccc(NC(=O)[C@@H]3CCCN3C(=O)[C@@H]3COCCN3C(=O)OC)cc2)c2ccc(F)cc2)cc1. The van der Waals surface area contributed by atoms with Crippen LogP contribution < -0.4 is 15.5 Å². The third-order valence-electron chi connectivity index (χ3n) is 11.4. The lowest BCUT2D eigenvalue weighted by Gasteiger charge is -2.36. The van der Waals surface area contributed by atoms with Crippen molar-refractivity contribution < 1.29 is 52.1 Å². The van der Waals surface area contributed by atoms with Crippen molar-refractivity contribution in [3.63, 3.8) is 0 Å². The minimum absolute atomic E-state index is 0.0312. The van der Waals surface area contributed by atoms with Crippen LogP contribution in [0.3, 0.4) is 0 Å². The average Bonchev–Trinajstić information content (AvgIpc) is 4.01. The molecule has 63 heavy (non-hydrogen) atoms. The molecule has 3 saturated heterocycles. The first-order chi connectivity index (χ1) is 30.4. The second kappa shape index (κ2) is 22.2. The van der Waals surface area contributed by atoms with Crippen LogP contribution in [-0.2, 0) is 51.2 Å². The second-order valence-corrected chi connectivity index (χ2v) is 15.6. The van der Waals surface area contributed by atoms with Crippen LogP contribution >= 0.6 is 0 Å².